The first-order chi connectivity index (χ1) is 12.0. The number of H-pyrrole nitrogens is 1. The Kier molecular flexibility index (Phi) is 4.84. The van der Waals surface area contributed by atoms with E-state index in [1.54, 1.807) is 6.20 Å². The van der Waals surface area contributed by atoms with Crippen molar-refractivity contribution < 1.29 is 18.3 Å². The summed E-state index contributed by atoms with van der Waals surface area (Å²) in [7, 11) is 1.17. The smallest absolute Gasteiger partial charge is 0.234 e. The van der Waals surface area contributed by atoms with E-state index in [-0.39, 0.29) is 11.4 Å². The molecule has 0 unspecified atom stereocenters. The third-order valence-corrected chi connectivity index (χ3v) is 4.18. The Morgan fingerprint density at radius 2 is 2.04 bits per heavy atom. The van der Waals surface area contributed by atoms with Gasteiger partial charge in [-0.15, -0.1) is 0 Å². The van der Waals surface area contributed by atoms with Crippen LogP contribution in [-0.2, 0) is 4.79 Å². The summed E-state index contributed by atoms with van der Waals surface area (Å²) in [5, 5.41) is 3.00. The van der Waals surface area contributed by atoms with Crippen molar-refractivity contribution >= 4 is 34.4 Å². The minimum absolute atomic E-state index is 0.0193. The molecule has 0 aliphatic carbocycles. The number of halogens is 2. The van der Waals surface area contributed by atoms with E-state index in [9.17, 15) is 13.6 Å². The number of anilines is 1. The molecule has 9 heteroatoms. The lowest BCUT2D eigenvalue weighted by Crippen LogP contribution is -2.14. The SMILES string of the molecule is COc1c(F)cc(NC(=O)CSc2nc3cc(C)ncc3[nH]2)cc1F. The van der Waals surface area contributed by atoms with Crippen LogP contribution < -0.4 is 10.1 Å². The highest BCUT2D eigenvalue weighted by atomic mass is 32.2. The molecule has 25 heavy (non-hydrogen) atoms. The van der Waals surface area contributed by atoms with Gasteiger partial charge in [0, 0.05) is 23.5 Å². The Morgan fingerprint density at radius 3 is 2.72 bits per heavy atom. The fourth-order valence-electron chi connectivity index (χ4n) is 2.21. The van der Waals surface area contributed by atoms with Crippen LogP contribution in [0.5, 0.6) is 5.75 Å². The van der Waals surface area contributed by atoms with Crippen molar-refractivity contribution in [1.82, 2.24) is 15.0 Å². The van der Waals surface area contributed by atoms with Crippen molar-refractivity contribution in [3.63, 3.8) is 0 Å². The van der Waals surface area contributed by atoms with Gasteiger partial charge < -0.3 is 15.0 Å². The van der Waals surface area contributed by atoms with Crippen LogP contribution in [0.1, 0.15) is 5.69 Å². The molecular formula is C16H14F2N4O2S. The maximum atomic E-state index is 13.6. The molecule has 0 saturated carbocycles. The molecule has 130 valence electrons. The number of benzene rings is 1. The predicted octanol–water partition coefficient (Wildman–Crippen LogP) is 3.28. The number of rotatable bonds is 5. The summed E-state index contributed by atoms with van der Waals surface area (Å²) in [5.74, 6) is -2.64. The molecule has 0 aliphatic rings. The number of aryl methyl sites for hydroxylation is 1. The molecule has 1 aromatic carbocycles. The lowest BCUT2D eigenvalue weighted by Gasteiger charge is -2.08. The van der Waals surface area contributed by atoms with Crippen molar-refractivity contribution in [2.24, 2.45) is 0 Å². The van der Waals surface area contributed by atoms with Gasteiger partial charge in [0.05, 0.1) is 30.1 Å². The number of hydrogen-bond acceptors (Lipinski definition) is 5. The monoisotopic (exact) mass is 364 g/mol. The fourth-order valence-corrected chi connectivity index (χ4v) is 2.90. The van der Waals surface area contributed by atoms with Gasteiger partial charge in [-0.2, -0.15) is 0 Å². The first-order valence-electron chi connectivity index (χ1n) is 7.24. The summed E-state index contributed by atoms with van der Waals surface area (Å²) in [6, 6.07) is 3.83. The van der Waals surface area contributed by atoms with Gasteiger partial charge >= 0.3 is 0 Å². The second-order valence-electron chi connectivity index (χ2n) is 5.19. The summed E-state index contributed by atoms with van der Waals surface area (Å²) < 4.78 is 31.8. The summed E-state index contributed by atoms with van der Waals surface area (Å²) >= 11 is 1.18. The summed E-state index contributed by atoms with van der Waals surface area (Å²) in [6.45, 7) is 1.86. The van der Waals surface area contributed by atoms with Gasteiger partial charge in [-0.3, -0.25) is 9.78 Å². The molecular weight excluding hydrogens is 350 g/mol. The first-order valence-corrected chi connectivity index (χ1v) is 8.23. The van der Waals surface area contributed by atoms with E-state index < -0.39 is 23.3 Å². The van der Waals surface area contributed by atoms with E-state index in [0.717, 1.165) is 28.9 Å². The molecule has 0 fully saturated rings. The molecule has 0 bridgehead atoms. The van der Waals surface area contributed by atoms with E-state index in [0.29, 0.717) is 5.16 Å². The van der Waals surface area contributed by atoms with Crippen LogP contribution in [0.2, 0.25) is 0 Å². The van der Waals surface area contributed by atoms with Crippen LogP contribution in [0.15, 0.2) is 29.6 Å². The molecule has 0 atom stereocenters. The minimum Gasteiger partial charge on any atom is -0.491 e. The second-order valence-corrected chi connectivity index (χ2v) is 6.16. The minimum atomic E-state index is -0.884. The zero-order chi connectivity index (χ0) is 18.0. The van der Waals surface area contributed by atoms with Crippen LogP contribution in [0.25, 0.3) is 11.0 Å². The number of pyridine rings is 1. The molecule has 1 amide bonds. The number of aromatic amines is 1. The maximum absolute atomic E-state index is 13.6. The number of carbonyl (C=O) groups excluding carboxylic acids is 1. The quantitative estimate of drug-likeness (QED) is 0.679. The molecule has 0 spiro atoms. The zero-order valence-electron chi connectivity index (χ0n) is 13.4. The standard InChI is InChI=1S/C16H14F2N4O2S/c1-8-3-12-13(6-19-8)22-16(21-12)25-7-14(23)20-9-4-10(17)15(24-2)11(18)5-9/h3-6H,7H2,1-2H3,(H,20,23)(H,21,22). The predicted molar refractivity (Wildman–Crippen MR) is 90.9 cm³/mol. The van der Waals surface area contributed by atoms with E-state index in [4.69, 9.17) is 0 Å². The lowest BCUT2D eigenvalue weighted by molar-refractivity contribution is -0.113. The van der Waals surface area contributed by atoms with Crippen LogP contribution in [0, 0.1) is 18.6 Å². The third kappa shape index (κ3) is 3.87. The number of carbonyl (C=O) groups is 1. The normalized spacial score (nSPS) is 10.9. The summed E-state index contributed by atoms with van der Waals surface area (Å²) in [6.07, 6.45) is 1.67. The highest BCUT2D eigenvalue weighted by molar-refractivity contribution is 7.99. The number of nitrogens with one attached hydrogen (secondary N) is 2. The van der Waals surface area contributed by atoms with Crippen molar-refractivity contribution in [1.29, 1.82) is 0 Å². The van der Waals surface area contributed by atoms with Crippen molar-refractivity contribution in [2.45, 2.75) is 12.1 Å². The average molecular weight is 364 g/mol. The maximum Gasteiger partial charge on any atom is 0.234 e. The molecule has 2 aromatic heterocycles. The molecule has 3 rings (SSSR count). The van der Waals surface area contributed by atoms with Crippen molar-refractivity contribution in [3.8, 4) is 5.75 Å². The lowest BCUT2D eigenvalue weighted by atomic mass is 10.2. The molecule has 6 nitrogen and oxygen atoms in total. The Bertz CT molecular complexity index is 922. The number of fused-ring (bicyclic) bond motifs is 1. The Balaban J connectivity index is 1.64. The van der Waals surface area contributed by atoms with E-state index in [1.807, 2.05) is 13.0 Å². The zero-order valence-corrected chi connectivity index (χ0v) is 14.2. The number of imidazole rings is 1. The molecule has 2 N–H and O–H groups in total. The highest BCUT2D eigenvalue weighted by Crippen LogP contribution is 2.25. The molecule has 0 radical (unpaired) electrons. The van der Waals surface area contributed by atoms with Gasteiger partial charge in [-0.05, 0) is 13.0 Å². The first kappa shape index (κ1) is 17.2. The Labute approximate surface area is 146 Å². The second kappa shape index (κ2) is 7.06. The van der Waals surface area contributed by atoms with E-state index >= 15 is 0 Å². The summed E-state index contributed by atoms with van der Waals surface area (Å²) in [5.41, 5.74) is 2.39. The Morgan fingerprint density at radius 1 is 1.32 bits per heavy atom. The third-order valence-electron chi connectivity index (χ3n) is 3.31. The number of hydrogen-bond donors (Lipinski definition) is 2. The number of aromatic nitrogens is 3. The number of amides is 1. The Hall–Kier alpha value is -2.68. The number of nitrogens with zero attached hydrogens (tertiary/aromatic N) is 2. The van der Waals surface area contributed by atoms with E-state index in [2.05, 4.69) is 25.0 Å². The van der Waals surface area contributed by atoms with Gasteiger partial charge in [-0.25, -0.2) is 13.8 Å². The number of methoxy groups -OCH3 is 1. The molecule has 0 aliphatic heterocycles. The fraction of sp³-hybridized carbons (Fsp3) is 0.188. The molecule has 0 saturated heterocycles. The highest BCUT2D eigenvalue weighted by Gasteiger charge is 2.13. The van der Waals surface area contributed by atoms with Gasteiger partial charge in [0.1, 0.15) is 0 Å². The number of thioether (sulfide) groups is 1. The van der Waals surface area contributed by atoms with Crippen molar-refractivity contribution in [3.05, 3.63) is 41.7 Å². The largest absolute Gasteiger partial charge is 0.491 e. The van der Waals surface area contributed by atoms with Crippen molar-refractivity contribution in [2.75, 3.05) is 18.2 Å². The van der Waals surface area contributed by atoms with Gasteiger partial charge in [0.25, 0.3) is 0 Å². The van der Waals surface area contributed by atoms with Crippen LogP contribution in [0.4, 0.5) is 14.5 Å². The number of ether oxygens (including phenoxy) is 1. The molecule has 2 heterocycles. The average Bonchev–Trinajstić information content (AvgIpc) is 2.94. The van der Waals surface area contributed by atoms with Crippen LogP contribution in [-0.4, -0.2) is 33.7 Å². The summed E-state index contributed by atoms with van der Waals surface area (Å²) in [4.78, 5) is 23.5. The van der Waals surface area contributed by atoms with Crippen LogP contribution >= 0.6 is 11.8 Å². The van der Waals surface area contributed by atoms with Gasteiger partial charge in [0.15, 0.2) is 22.5 Å². The van der Waals surface area contributed by atoms with E-state index in [1.165, 1.54) is 18.9 Å². The van der Waals surface area contributed by atoms with Crippen LogP contribution in [0.3, 0.4) is 0 Å². The van der Waals surface area contributed by atoms with Gasteiger partial charge in [-0.1, -0.05) is 11.8 Å². The van der Waals surface area contributed by atoms with Gasteiger partial charge in [0.2, 0.25) is 5.91 Å². The topological polar surface area (TPSA) is 79.9 Å². The molecule has 3 aromatic rings.